The van der Waals surface area contributed by atoms with Crippen LogP contribution in [0.25, 0.3) is 0 Å². The van der Waals surface area contributed by atoms with Crippen LogP contribution >= 0.6 is 12.6 Å². The second-order valence-electron chi connectivity index (χ2n) is 6.51. The molecule has 5 unspecified atom stereocenters. The van der Waals surface area contributed by atoms with Crippen LogP contribution in [-0.2, 0) is 28.8 Å². The predicted octanol–water partition coefficient (Wildman–Crippen LogP) is -3.50. The van der Waals surface area contributed by atoms with Crippen LogP contribution in [0.1, 0.15) is 26.2 Å². The lowest BCUT2D eigenvalue weighted by atomic mass is 10.1. The minimum absolute atomic E-state index is 0.304. The summed E-state index contributed by atoms with van der Waals surface area (Å²) in [4.78, 5) is 69.3. The van der Waals surface area contributed by atoms with Crippen molar-refractivity contribution in [3.8, 4) is 0 Å². The highest BCUT2D eigenvalue weighted by Gasteiger charge is 2.31. The first kappa shape index (κ1) is 28.1. The Labute approximate surface area is 182 Å². The monoisotopic (exact) mass is 466 g/mol. The summed E-state index contributed by atoms with van der Waals surface area (Å²) in [6.45, 7) is 1.13. The number of carboxylic acid groups (broad SMARTS) is 3. The highest BCUT2D eigenvalue weighted by molar-refractivity contribution is 7.80. The van der Waals surface area contributed by atoms with Crippen LogP contribution in [0, 0.1) is 0 Å². The van der Waals surface area contributed by atoms with Crippen LogP contribution in [0.4, 0.5) is 0 Å². The molecule has 0 aliphatic rings. The van der Waals surface area contributed by atoms with Crippen LogP contribution in [0.2, 0.25) is 0 Å². The standard InChI is InChI=1S/C16H26N4O10S/c1-6(21)12(16(29)30)20-15(28)9(5-31)19-14(27)8(2-3-10(22)23)18-13(26)7(17)4-11(24)25/h6-9,12,21,31H,2-5,17H2,1H3,(H,18,26)(H,19,27)(H,20,28)(H,22,23)(H,24,25)(H,29,30). The SMILES string of the molecule is CC(O)C(NC(=O)C(CS)NC(=O)C(CCC(=O)O)NC(=O)C(N)CC(=O)O)C(=O)O. The van der Waals surface area contributed by atoms with E-state index in [9.17, 15) is 33.9 Å². The molecule has 0 aromatic rings. The fourth-order valence-electron chi connectivity index (χ4n) is 2.21. The van der Waals surface area contributed by atoms with E-state index in [0.29, 0.717) is 0 Å². The van der Waals surface area contributed by atoms with E-state index in [-0.39, 0.29) is 5.75 Å². The molecule has 0 aliphatic heterocycles. The van der Waals surface area contributed by atoms with Crippen molar-refractivity contribution in [2.24, 2.45) is 5.73 Å². The molecule has 14 nitrogen and oxygen atoms in total. The van der Waals surface area contributed by atoms with E-state index < -0.39 is 85.2 Å². The molecule has 0 aromatic carbocycles. The molecule has 0 rings (SSSR count). The van der Waals surface area contributed by atoms with E-state index in [2.05, 4.69) is 23.3 Å². The number of thiol groups is 1. The number of nitrogens with two attached hydrogens (primary N) is 1. The average Bonchev–Trinajstić information content (AvgIpc) is 2.65. The van der Waals surface area contributed by atoms with Crippen molar-refractivity contribution in [2.75, 3.05) is 5.75 Å². The molecule has 0 saturated carbocycles. The van der Waals surface area contributed by atoms with Crippen LogP contribution in [0.5, 0.6) is 0 Å². The van der Waals surface area contributed by atoms with E-state index in [4.69, 9.17) is 21.1 Å². The summed E-state index contributed by atoms with van der Waals surface area (Å²) in [5.74, 6) is -7.51. The molecule has 0 bridgehead atoms. The Balaban J connectivity index is 5.32. The zero-order chi connectivity index (χ0) is 24.3. The first-order chi connectivity index (χ1) is 14.3. The third-order valence-electron chi connectivity index (χ3n) is 3.87. The molecular weight excluding hydrogens is 440 g/mol. The highest BCUT2D eigenvalue weighted by atomic mass is 32.1. The van der Waals surface area contributed by atoms with Crippen molar-refractivity contribution >= 4 is 48.3 Å². The lowest BCUT2D eigenvalue weighted by Gasteiger charge is -2.24. The Hall–Kier alpha value is -2.91. The maximum absolute atomic E-state index is 12.5. The van der Waals surface area contributed by atoms with Crippen molar-refractivity contribution in [1.29, 1.82) is 0 Å². The van der Waals surface area contributed by atoms with Crippen LogP contribution < -0.4 is 21.7 Å². The number of rotatable bonds is 14. The molecular formula is C16H26N4O10S. The summed E-state index contributed by atoms with van der Waals surface area (Å²) in [5.41, 5.74) is 5.41. The quantitative estimate of drug-likeness (QED) is 0.114. The van der Waals surface area contributed by atoms with Gasteiger partial charge in [0.15, 0.2) is 6.04 Å². The van der Waals surface area contributed by atoms with Gasteiger partial charge in [-0.1, -0.05) is 0 Å². The van der Waals surface area contributed by atoms with Crippen LogP contribution in [0.15, 0.2) is 0 Å². The number of amides is 3. The van der Waals surface area contributed by atoms with E-state index in [1.807, 2.05) is 5.32 Å². The molecule has 0 fully saturated rings. The molecule has 3 amide bonds. The summed E-state index contributed by atoms with van der Waals surface area (Å²) in [6.07, 6.45) is -3.14. The maximum Gasteiger partial charge on any atom is 0.328 e. The molecule has 0 aromatic heterocycles. The number of carbonyl (C=O) groups excluding carboxylic acids is 3. The molecule has 5 atom stereocenters. The van der Waals surface area contributed by atoms with Crippen molar-refractivity contribution in [3.05, 3.63) is 0 Å². The lowest BCUT2D eigenvalue weighted by Crippen LogP contribution is -2.59. The largest absolute Gasteiger partial charge is 0.481 e. The normalized spacial score (nSPS) is 15.5. The summed E-state index contributed by atoms with van der Waals surface area (Å²) < 4.78 is 0. The number of aliphatic hydroxyl groups is 1. The Morgan fingerprint density at radius 2 is 1.39 bits per heavy atom. The molecule has 31 heavy (non-hydrogen) atoms. The Kier molecular flexibility index (Phi) is 12.1. The Morgan fingerprint density at radius 1 is 0.871 bits per heavy atom. The Morgan fingerprint density at radius 3 is 1.81 bits per heavy atom. The van der Waals surface area contributed by atoms with Gasteiger partial charge in [-0.3, -0.25) is 24.0 Å². The van der Waals surface area contributed by atoms with E-state index in [1.54, 1.807) is 0 Å². The van der Waals surface area contributed by atoms with Crippen molar-refractivity contribution in [3.63, 3.8) is 0 Å². The molecule has 0 spiro atoms. The number of carboxylic acids is 3. The fourth-order valence-corrected chi connectivity index (χ4v) is 2.46. The molecule has 0 radical (unpaired) electrons. The third kappa shape index (κ3) is 10.6. The summed E-state index contributed by atoms with van der Waals surface area (Å²) >= 11 is 3.90. The van der Waals surface area contributed by atoms with Gasteiger partial charge in [0, 0.05) is 12.2 Å². The van der Waals surface area contributed by atoms with Gasteiger partial charge in [-0.05, 0) is 13.3 Å². The van der Waals surface area contributed by atoms with Gasteiger partial charge in [-0.2, -0.15) is 12.6 Å². The number of hydrogen-bond acceptors (Lipinski definition) is 9. The Bertz CT molecular complexity index is 702. The predicted molar refractivity (Wildman–Crippen MR) is 106 cm³/mol. The molecule has 0 saturated heterocycles. The molecule has 15 heteroatoms. The molecule has 176 valence electrons. The summed E-state index contributed by atoms with van der Waals surface area (Å²) in [6, 6.07) is -6.05. The van der Waals surface area contributed by atoms with Gasteiger partial charge in [-0.25, -0.2) is 4.79 Å². The highest BCUT2D eigenvalue weighted by Crippen LogP contribution is 2.03. The van der Waals surface area contributed by atoms with Gasteiger partial charge >= 0.3 is 17.9 Å². The number of nitrogens with one attached hydrogen (secondary N) is 3. The third-order valence-corrected chi connectivity index (χ3v) is 4.24. The molecule has 0 heterocycles. The second kappa shape index (κ2) is 13.4. The van der Waals surface area contributed by atoms with Crippen molar-refractivity contribution in [1.82, 2.24) is 16.0 Å². The van der Waals surface area contributed by atoms with Gasteiger partial charge in [0.1, 0.15) is 12.1 Å². The lowest BCUT2D eigenvalue weighted by molar-refractivity contribution is -0.145. The molecule has 9 N–H and O–H groups in total. The van der Waals surface area contributed by atoms with Gasteiger partial charge in [0.25, 0.3) is 0 Å². The van der Waals surface area contributed by atoms with Gasteiger partial charge in [-0.15, -0.1) is 0 Å². The van der Waals surface area contributed by atoms with Gasteiger partial charge in [0.05, 0.1) is 18.6 Å². The zero-order valence-corrected chi connectivity index (χ0v) is 17.4. The number of carbonyl (C=O) groups is 6. The number of aliphatic hydroxyl groups excluding tert-OH is 1. The van der Waals surface area contributed by atoms with Crippen molar-refractivity contribution in [2.45, 2.75) is 56.5 Å². The van der Waals surface area contributed by atoms with E-state index in [1.165, 1.54) is 0 Å². The van der Waals surface area contributed by atoms with E-state index >= 15 is 0 Å². The zero-order valence-electron chi connectivity index (χ0n) is 16.5. The summed E-state index contributed by atoms with van der Waals surface area (Å²) in [7, 11) is 0. The molecule has 0 aliphatic carbocycles. The smallest absolute Gasteiger partial charge is 0.328 e. The topological polar surface area (TPSA) is 245 Å². The first-order valence-corrected chi connectivity index (χ1v) is 9.55. The maximum atomic E-state index is 12.5. The van der Waals surface area contributed by atoms with Gasteiger partial charge in [0.2, 0.25) is 17.7 Å². The minimum Gasteiger partial charge on any atom is -0.481 e. The fraction of sp³-hybridized carbons (Fsp3) is 0.625. The van der Waals surface area contributed by atoms with Gasteiger partial charge < -0.3 is 42.1 Å². The second-order valence-corrected chi connectivity index (χ2v) is 6.87. The number of hydrogen-bond donors (Lipinski definition) is 9. The first-order valence-electron chi connectivity index (χ1n) is 8.92. The number of aliphatic carboxylic acids is 3. The van der Waals surface area contributed by atoms with E-state index in [0.717, 1.165) is 6.92 Å². The average molecular weight is 466 g/mol. The summed E-state index contributed by atoms with van der Waals surface area (Å²) in [5, 5.41) is 42.3. The minimum atomic E-state index is -1.66. The van der Waals surface area contributed by atoms with Crippen molar-refractivity contribution < 1.29 is 49.2 Å². The van der Waals surface area contributed by atoms with Crippen LogP contribution in [-0.4, -0.2) is 92.1 Å². The van der Waals surface area contributed by atoms with Crippen LogP contribution in [0.3, 0.4) is 0 Å².